The van der Waals surface area contributed by atoms with E-state index in [0.717, 1.165) is 24.9 Å². The van der Waals surface area contributed by atoms with Gasteiger partial charge < -0.3 is 10.4 Å². The summed E-state index contributed by atoms with van der Waals surface area (Å²) in [5.74, 6) is 6.95. The van der Waals surface area contributed by atoms with Crippen molar-refractivity contribution in [2.24, 2.45) is 0 Å². The monoisotopic (exact) mass is 305 g/mol. The van der Waals surface area contributed by atoms with Crippen molar-refractivity contribution in [3.63, 3.8) is 0 Å². The van der Waals surface area contributed by atoms with Crippen molar-refractivity contribution in [3.05, 3.63) is 35.4 Å². The molecule has 0 unspecified atom stereocenters. The van der Waals surface area contributed by atoms with E-state index in [1.807, 2.05) is 23.9 Å². The average molecular weight is 305 g/mol. The fourth-order valence-corrected chi connectivity index (χ4v) is 2.27. The summed E-state index contributed by atoms with van der Waals surface area (Å²) in [6.07, 6.45) is 5.97. The minimum absolute atomic E-state index is 0.0327. The first-order chi connectivity index (χ1) is 10.3. The van der Waals surface area contributed by atoms with Gasteiger partial charge in [0, 0.05) is 24.1 Å². The Labute approximate surface area is 131 Å². The van der Waals surface area contributed by atoms with Gasteiger partial charge in [-0.25, -0.2) is 0 Å². The Kier molecular flexibility index (Phi) is 9.43. The Morgan fingerprint density at radius 3 is 2.67 bits per heavy atom. The summed E-state index contributed by atoms with van der Waals surface area (Å²) in [5, 5.41) is 11.6. The van der Waals surface area contributed by atoms with Gasteiger partial charge in [-0.2, -0.15) is 11.8 Å². The number of carbonyl (C=O) groups is 1. The van der Waals surface area contributed by atoms with Gasteiger partial charge in [-0.05, 0) is 49.1 Å². The van der Waals surface area contributed by atoms with Gasteiger partial charge in [0.05, 0.1) is 6.61 Å². The third kappa shape index (κ3) is 7.79. The largest absolute Gasteiger partial charge is 0.395 e. The van der Waals surface area contributed by atoms with E-state index in [0.29, 0.717) is 12.0 Å². The van der Waals surface area contributed by atoms with Crippen LogP contribution in [0.3, 0.4) is 0 Å². The molecule has 0 saturated carbocycles. The van der Waals surface area contributed by atoms with E-state index in [4.69, 9.17) is 5.11 Å². The van der Waals surface area contributed by atoms with Crippen LogP contribution in [0.2, 0.25) is 0 Å². The van der Waals surface area contributed by atoms with Gasteiger partial charge in [0.1, 0.15) is 0 Å². The first-order valence-corrected chi connectivity index (χ1v) is 8.64. The molecule has 0 saturated heterocycles. The minimum atomic E-state index is -0.0327. The molecule has 4 heteroatoms. The molecule has 0 fully saturated rings. The predicted molar refractivity (Wildman–Crippen MR) is 89.6 cm³/mol. The predicted octanol–water partition coefficient (Wildman–Crippen LogP) is 2.68. The van der Waals surface area contributed by atoms with Crippen LogP contribution in [0, 0.1) is 11.8 Å². The maximum absolute atomic E-state index is 11.9. The standard InChI is InChI=1S/C17H23NO2S/c1-21-14-6-2-4-12-18-17(20)16-10-8-15(9-11-16)7-3-5-13-19/h8-11,19H,2,4-6,12-14H2,1H3,(H,18,20). The molecule has 2 N–H and O–H groups in total. The van der Waals surface area contributed by atoms with Crippen LogP contribution in [0.1, 0.15) is 41.6 Å². The van der Waals surface area contributed by atoms with Gasteiger partial charge in [-0.15, -0.1) is 0 Å². The number of hydrogen-bond donors (Lipinski definition) is 2. The second-order valence-electron chi connectivity index (χ2n) is 4.66. The fraction of sp³-hybridized carbons (Fsp3) is 0.471. The van der Waals surface area contributed by atoms with Gasteiger partial charge in [-0.1, -0.05) is 18.3 Å². The number of unbranched alkanes of at least 4 members (excludes halogenated alkanes) is 2. The van der Waals surface area contributed by atoms with E-state index >= 15 is 0 Å². The number of thioether (sulfide) groups is 1. The highest BCUT2D eigenvalue weighted by atomic mass is 32.2. The molecular weight excluding hydrogens is 282 g/mol. The summed E-state index contributed by atoms with van der Waals surface area (Å²) in [6, 6.07) is 7.23. The van der Waals surface area contributed by atoms with Crippen molar-refractivity contribution in [2.75, 3.05) is 25.2 Å². The van der Waals surface area contributed by atoms with Crippen LogP contribution in [0.5, 0.6) is 0 Å². The summed E-state index contributed by atoms with van der Waals surface area (Å²) < 4.78 is 0. The SMILES string of the molecule is CSCCCCCNC(=O)c1ccc(C#CCCO)cc1. The second-order valence-corrected chi connectivity index (χ2v) is 5.65. The molecule has 0 aromatic heterocycles. The van der Waals surface area contributed by atoms with Crippen LogP contribution in [0.4, 0.5) is 0 Å². The number of carbonyl (C=O) groups excluding carboxylic acids is 1. The normalized spacial score (nSPS) is 9.81. The molecule has 114 valence electrons. The van der Waals surface area contributed by atoms with Gasteiger partial charge in [0.2, 0.25) is 0 Å². The summed E-state index contributed by atoms with van der Waals surface area (Å²) in [5.41, 5.74) is 1.52. The summed E-state index contributed by atoms with van der Waals surface area (Å²) >= 11 is 1.86. The van der Waals surface area contributed by atoms with Crippen molar-refractivity contribution >= 4 is 17.7 Å². The Morgan fingerprint density at radius 2 is 2.00 bits per heavy atom. The summed E-state index contributed by atoms with van der Waals surface area (Å²) in [7, 11) is 0. The Balaban J connectivity index is 2.33. The fourth-order valence-electron chi connectivity index (χ4n) is 1.78. The number of amides is 1. The summed E-state index contributed by atoms with van der Waals surface area (Å²) in [4.78, 5) is 11.9. The number of benzene rings is 1. The molecule has 0 atom stereocenters. The van der Waals surface area contributed by atoms with Crippen LogP contribution in [0.15, 0.2) is 24.3 Å². The molecule has 1 aromatic carbocycles. The number of aliphatic hydroxyl groups excluding tert-OH is 1. The zero-order chi connectivity index (χ0) is 15.3. The highest BCUT2D eigenvalue weighted by molar-refractivity contribution is 7.98. The molecule has 0 aliphatic carbocycles. The minimum Gasteiger partial charge on any atom is -0.395 e. The lowest BCUT2D eigenvalue weighted by molar-refractivity contribution is 0.0953. The Hall–Kier alpha value is -1.44. The highest BCUT2D eigenvalue weighted by Gasteiger charge is 2.03. The molecule has 0 aliphatic heterocycles. The van der Waals surface area contributed by atoms with Gasteiger partial charge in [-0.3, -0.25) is 4.79 Å². The molecule has 0 bridgehead atoms. The van der Waals surface area contributed by atoms with Crippen molar-refractivity contribution in [1.82, 2.24) is 5.32 Å². The van der Waals surface area contributed by atoms with Gasteiger partial charge in [0.25, 0.3) is 5.91 Å². The van der Waals surface area contributed by atoms with Crippen LogP contribution < -0.4 is 5.32 Å². The molecule has 21 heavy (non-hydrogen) atoms. The van der Waals surface area contributed by atoms with E-state index in [9.17, 15) is 4.79 Å². The molecule has 0 aliphatic rings. The van der Waals surface area contributed by atoms with Crippen LogP contribution in [-0.4, -0.2) is 36.2 Å². The summed E-state index contributed by atoms with van der Waals surface area (Å²) in [6.45, 7) is 0.801. The van der Waals surface area contributed by atoms with Gasteiger partial charge >= 0.3 is 0 Å². The number of aliphatic hydroxyl groups is 1. The topological polar surface area (TPSA) is 49.3 Å². The molecule has 1 rings (SSSR count). The number of hydrogen-bond acceptors (Lipinski definition) is 3. The average Bonchev–Trinajstić information content (AvgIpc) is 2.51. The zero-order valence-corrected chi connectivity index (χ0v) is 13.3. The van der Waals surface area contributed by atoms with Crippen molar-refractivity contribution < 1.29 is 9.90 Å². The van der Waals surface area contributed by atoms with E-state index in [1.54, 1.807) is 12.1 Å². The third-order valence-corrected chi connectivity index (χ3v) is 3.62. The van der Waals surface area contributed by atoms with Crippen LogP contribution in [-0.2, 0) is 0 Å². The van der Waals surface area contributed by atoms with E-state index in [1.165, 1.54) is 12.2 Å². The molecule has 0 heterocycles. The third-order valence-electron chi connectivity index (χ3n) is 2.93. The Morgan fingerprint density at radius 1 is 1.24 bits per heavy atom. The first-order valence-electron chi connectivity index (χ1n) is 7.25. The van der Waals surface area contributed by atoms with Gasteiger partial charge in [0.15, 0.2) is 0 Å². The Bertz CT molecular complexity index is 474. The molecule has 3 nitrogen and oxygen atoms in total. The number of nitrogens with one attached hydrogen (secondary N) is 1. The van der Waals surface area contributed by atoms with Crippen molar-refractivity contribution in [3.8, 4) is 11.8 Å². The van der Waals surface area contributed by atoms with Crippen LogP contribution in [0.25, 0.3) is 0 Å². The van der Waals surface area contributed by atoms with E-state index < -0.39 is 0 Å². The maximum Gasteiger partial charge on any atom is 0.251 e. The molecule has 0 radical (unpaired) electrons. The molecule has 1 amide bonds. The molecule has 1 aromatic rings. The lowest BCUT2D eigenvalue weighted by Crippen LogP contribution is -2.24. The molecular formula is C17H23NO2S. The zero-order valence-electron chi connectivity index (χ0n) is 12.5. The first kappa shape index (κ1) is 17.6. The van der Waals surface area contributed by atoms with Crippen molar-refractivity contribution in [2.45, 2.75) is 25.7 Å². The highest BCUT2D eigenvalue weighted by Crippen LogP contribution is 2.04. The lowest BCUT2D eigenvalue weighted by Gasteiger charge is -2.05. The lowest BCUT2D eigenvalue weighted by atomic mass is 10.1. The van der Waals surface area contributed by atoms with E-state index in [2.05, 4.69) is 23.4 Å². The quantitative estimate of drug-likeness (QED) is 0.573. The molecule has 0 spiro atoms. The number of rotatable bonds is 8. The van der Waals surface area contributed by atoms with Crippen molar-refractivity contribution in [1.29, 1.82) is 0 Å². The van der Waals surface area contributed by atoms with E-state index in [-0.39, 0.29) is 12.5 Å². The smallest absolute Gasteiger partial charge is 0.251 e. The second kappa shape index (κ2) is 11.2. The van der Waals surface area contributed by atoms with Crippen LogP contribution >= 0.6 is 11.8 Å². The maximum atomic E-state index is 11.9.